The molecule has 2 unspecified atom stereocenters. The van der Waals surface area contributed by atoms with Crippen LogP contribution in [0.1, 0.15) is 6.42 Å². The fourth-order valence-corrected chi connectivity index (χ4v) is 2.99. The predicted octanol–water partition coefficient (Wildman–Crippen LogP) is 1.96. The minimum Gasteiger partial charge on any atom is -0.443 e. The Hall–Kier alpha value is -2.40. The highest BCUT2D eigenvalue weighted by atomic mass is 19.1. The molecular formula is C17H18F2N4O2. The van der Waals surface area contributed by atoms with Crippen molar-refractivity contribution in [3.05, 3.63) is 36.4 Å². The van der Waals surface area contributed by atoms with Crippen LogP contribution in [-0.2, 0) is 4.74 Å². The van der Waals surface area contributed by atoms with Gasteiger partial charge in [-0.1, -0.05) is 0 Å². The molecule has 2 aliphatic heterocycles. The van der Waals surface area contributed by atoms with Crippen molar-refractivity contribution in [2.75, 3.05) is 36.0 Å². The molecule has 0 bridgehead atoms. The number of anilines is 2. The average molecular weight is 348 g/mol. The van der Waals surface area contributed by atoms with Crippen LogP contribution in [0.5, 0.6) is 0 Å². The second-order valence-corrected chi connectivity index (χ2v) is 5.97. The standard InChI is InChI=1S/C17H18F2N4O2/c18-14-7-12(23-9-13(8-21)25-17(23)24)1-2-16(14)22-6-4-11(3-5-20)15(19)10-22/h1-2,4,7,13,15H,3,6,8-10,21H2. The molecule has 1 amide bonds. The minimum absolute atomic E-state index is 0.00914. The zero-order valence-electron chi connectivity index (χ0n) is 13.5. The zero-order valence-corrected chi connectivity index (χ0v) is 13.5. The van der Waals surface area contributed by atoms with Gasteiger partial charge in [0.05, 0.1) is 24.0 Å². The quantitative estimate of drug-likeness (QED) is 0.899. The number of carbonyl (C=O) groups excluding carboxylic acids is 1. The van der Waals surface area contributed by atoms with E-state index in [9.17, 15) is 13.6 Å². The fraction of sp³-hybridized carbons (Fsp3) is 0.412. The Morgan fingerprint density at radius 3 is 2.80 bits per heavy atom. The van der Waals surface area contributed by atoms with E-state index < -0.39 is 24.2 Å². The lowest BCUT2D eigenvalue weighted by atomic mass is 9.92. The van der Waals surface area contributed by atoms with E-state index in [-0.39, 0.29) is 31.7 Å². The lowest BCUT2D eigenvalue weighted by Gasteiger charge is -2.35. The van der Waals surface area contributed by atoms with Crippen molar-refractivity contribution in [1.82, 2.24) is 0 Å². The molecule has 2 aliphatic rings. The van der Waals surface area contributed by atoms with Crippen molar-refractivity contribution in [1.29, 1.82) is 5.26 Å². The second-order valence-electron chi connectivity index (χ2n) is 5.97. The molecule has 25 heavy (non-hydrogen) atoms. The van der Waals surface area contributed by atoms with Crippen molar-refractivity contribution in [3.63, 3.8) is 0 Å². The minimum atomic E-state index is -1.30. The maximum absolute atomic E-state index is 14.5. The number of hydrogen-bond acceptors (Lipinski definition) is 5. The number of amides is 1. The molecule has 8 heteroatoms. The first kappa shape index (κ1) is 17.4. The number of alkyl halides is 1. The highest BCUT2D eigenvalue weighted by Gasteiger charge is 2.33. The van der Waals surface area contributed by atoms with Crippen LogP contribution in [-0.4, -0.2) is 44.5 Å². The lowest BCUT2D eigenvalue weighted by molar-refractivity contribution is 0.145. The first-order chi connectivity index (χ1) is 12.0. The summed E-state index contributed by atoms with van der Waals surface area (Å²) in [7, 11) is 0. The molecule has 1 aromatic rings. The molecule has 2 saturated heterocycles. The molecular weight excluding hydrogens is 330 g/mol. The van der Waals surface area contributed by atoms with E-state index >= 15 is 0 Å². The number of cyclic esters (lactones) is 1. The SMILES string of the molecule is N#CC[C]1[CH]CN(c2ccc(N3CC(CN)OC3=O)cc2F)CC1F. The molecule has 6 nitrogen and oxygen atoms in total. The van der Waals surface area contributed by atoms with Crippen LogP contribution in [0.3, 0.4) is 0 Å². The van der Waals surface area contributed by atoms with E-state index in [1.807, 2.05) is 6.07 Å². The number of nitrogens with two attached hydrogens (primary N) is 1. The zero-order chi connectivity index (χ0) is 18.0. The van der Waals surface area contributed by atoms with Gasteiger partial charge in [0.1, 0.15) is 18.1 Å². The third kappa shape index (κ3) is 3.51. The molecule has 1 aromatic carbocycles. The molecule has 2 atom stereocenters. The maximum Gasteiger partial charge on any atom is 0.414 e. The molecule has 2 heterocycles. The summed E-state index contributed by atoms with van der Waals surface area (Å²) in [5.74, 6) is -0.116. The largest absolute Gasteiger partial charge is 0.443 e. The molecule has 0 spiro atoms. The molecule has 132 valence electrons. The predicted molar refractivity (Wildman–Crippen MR) is 88.0 cm³/mol. The van der Waals surface area contributed by atoms with E-state index in [1.54, 1.807) is 17.4 Å². The first-order valence-corrected chi connectivity index (χ1v) is 7.96. The molecule has 0 aliphatic carbocycles. The number of hydrogen-bond donors (Lipinski definition) is 1. The number of nitriles is 1. The molecule has 3 rings (SSSR count). The average Bonchev–Trinajstić information content (AvgIpc) is 2.98. The third-order valence-electron chi connectivity index (χ3n) is 4.36. The number of nitrogens with zero attached hydrogens (tertiary/aromatic N) is 3. The smallest absolute Gasteiger partial charge is 0.414 e. The summed E-state index contributed by atoms with van der Waals surface area (Å²) >= 11 is 0. The van der Waals surface area contributed by atoms with Gasteiger partial charge in [-0.25, -0.2) is 13.6 Å². The number of carbonyl (C=O) groups is 1. The highest BCUT2D eigenvalue weighted by Crippen LogP contribution is 2.32. The van der Waals surface area contributed by atoms with Gasteiger partial charge < -0.3 is 15.4 Å². The summed E-state index contributed by atoms with van der Waals surface area (Å²) in [6.07, 6.45) is -0.613. The van der Waals surface area contributed by atoms with Crippen molar-refractivity contribution < 1.29 is 18.3 Å². The summed E-state index contributed by atoms with van der Waals surface area (Å²) < 4.78 is 33.7. The molecule has 2 N–H and O–H groups in total. The summed E-state index contributed by atoms with van der Waals surface area (Å²) in [5, 5.41) is 8.67. The Balaban J connectivity index is 1.73. The van der Waals surface area contributed by atoms with Crippen LogP contribution < -0.4 is 15.5 Å². The van der Waals surface area contributed by atoms with Crippen LogP contribution in [0.15, 0.2) is 18.2 Å². The summed E-state index contributed by atoms with van der Waals surface area (Å²) in [5.41, 5.74) is 6.11. The van der Waals surface area contributed by atoms with Crippen molar-refractivity contribution >= 4 is 17.5 Å². The molecule has 2 fully saturated rings. The van der Waals surface area contributed by atoms with Gasteiger partial charge >= 0.3 is 6.09 Å². The Kier molecular flexibility index (Phi) is 5.04. The Morgan fingerprint density at radius 2 is 2.20 bits per heavy atom. The topological polar surface area (TPSA) is 82.6 Å². The molecule has 2 radical (unpaired) electrons. The van der Waals surface area contributed by atoms with Gasteiger partial charge in [0.15, 0.2) is 0 Å². The lowest BCUT2D eigenvalue weighted by Crippen LogP contribution is -2.41. The number of halogens is 2. The number of ether oxygens (including phenoxy) is 1. The van der Waals surface area contributed by atoms with Gasteiger partial charge in [0.2, 0.25) is 0 Å². The Morgan fingerprint density at radius 1 is 1.40 bits per heavy atom. The Labute approximate surface area is 144 Å². The Bertz CT molecular complexity index is 694. The van der Waals surface area contributed by atoms with Crippen LogP contribution in [0.2, 0.25) is 0 Å². The van der Waals surface area contributed by atoms with Crippen LogP contribution in [0.4, 0.5) is 25.0 Å². The van der Waals surface area contributed by atoms with Crippen LogP contribution in [0, 0.1) is 29.5 Å². The monoisotopic (exact) mass is 348 g/mol. The van der Waals surface area contributed by atoms with Crippen LogP contribution in [0.25, 0.3) is 0 Å². The summed E-state index contributed by atoms with van der Waals surface area (Å²) in [4.78, 5) is 14.7. The van der Waals surface area contributed by atoms with Crippen molar-refractivity contribution in [2.45, 2.75) is 18.7 Å². The van der Waals surface area contributed by atoms with Crippen molar-refractivity contribution in [3.8, 4) is 6.07 Å². The second kappa shape index (κ2) is 7.23. The molecule has 0 saturated carbocycles. The van der Waals surface area contributed by atoms with Gasteiger partial charge in [0, 0.05) is 32.0 Å². The van der Waals surface area contributed by atoms with E-state index in [4.69, 9.17) is 15.7 Å². The van der Waals surface area contributed by atoms with Crippen LogP contribution >= 0.6 is 0 Å². The van der Waals surface area contributed by atoms with Gasteiger partial charge in [0.25, 0.3) is 0 Å². The normalized spacial score (nSPS) is 24.3. The van der Waals surface area contributed by atoms with Gasteiger partial charge in [-0.3, -0.25) is 4.90 Å². The summed E-state index contributed by atoms with van der Waals surface area (Å²) in [6, 6.07) is 6.27. The van der Waals surface area contributed by atoms with E-state index in [2.05, 4.69) is 0 Å². The van der Waals surface area contributed by atoms with Crippen molar-refractivity contribution in [2.24, 2.45) is 5.73 Å². The van der Waals surface area contributed by atoms with E-state index in [1.165, 1.54) is 17.0 Å². The fourth-order valence-electron chi connectivity index (χ4n) is 2.99. The first-order valence-electron chi connectivity index (χ1n) is 7.96. The van der Waals surface area contributed by atoms with E-state index in [0.717, 1.165) is 0 Å². The third-order valence-corrected chi connectivity index (χ3v) is 4.36. The van der Waals surface area contributed by atoms with E-state index in [0.29, 0.717) is 18.2 Å². The number of benzene rings is 1. The van der Waals surface area contributed by atoms with Gasteiger partial charge in [-0.05, 0) is 24.6 Å². The number of piperidine rings is 1. The number of rotatable bonds is 4. The van der Waals surface area contributed by atoms with Gasteiger partial charge in [-0.15, -0.1) is 0 Å². The molecule has 0 aromatic heterocycles. The van der Waals surface area contributed by atoms with Gasteiger partial charge in [-0.2, -0.15) is 5.26 Å². The summed E-state index contributed by atoms with van der Waals surface area (Å²) in [6.45, 7) is 0.788. The maximum atomic E-state index is 14.5. The highest BCUT2D eigenvalue weighted by molar-refractivity contribution is 5.90.